The van der Waals surface area contributed by atoms with Crippen LogP contribution in [0, 0.1) is 12.3 Å². The van der Waals surface area contributed by atoms with Gasteiger partial charge in [-0.2, -0.15) is 0 Å². The second kappa shape index (κ2) is 5.15. The lowest BCUT2D eigenvalue weighted by molar-refractivity contribution is 0.0866. The molecule has 0 saturated carbocycles. The van der Waals surface area contributed by atoms with Crippen LogP contribution in [0.3, 0.4) is 0 Å². The molecule has 2 heteroatoms. The van der Waals surface area contributed by atoms with Crippen LogP contribution in [-0.4, -0.2) is 9.04 Å². The van der Waals surface area contributed by atoms with E-state index in [0.29, 0.717) is 0 Å². The van der Waals surface area contributed by atoms with Crippen LogP contribution in [0.25, 0.3) is 0 Å². The minimum Gasteiger partial charge on any atom is -0.413 e. The molecule has 0 N–H and O–H groups in total. The summed E-state index contributed by atoms with van der Waals surface area (Å²) >= 11 is 0. The van der Waals surface area contributed by atoms with E-state index in [0.717, 1.165) is 0 Å². The second-order valence-electron chi connectivity index (χ2n) is 5.84. The average molecular weight is 236 g/mol. The summed E-state index contributed by atoms with van der Waals surface area (Å²) < 4.78 is 6.18. The minimum absolute atomic E-state index is 0.159. The normalized spacial score (nSPS) is 14.2. The first kappa shape index (κ1) is 13.5. The SMILES string of the molecule is Cc1ccc(C(O[SiH](C)C)C(C)(C)C)cc1. The molecule has 0 bridgehead atoms. The van der Waals surface area contributed by atoms with E-state index in [2.05, 4.69) is 65.1 Å². The fraction of sp³-hybridized carbons (Fsp3) is 0.571. The zero-order chi connectivity index (χ0) is 12.3. The van der Waals surface area contributed by atoms with Gasteiger partial charge in [-0.25, -0.2) is 0 Å². The predicted octanol–water partition coefficient (Wildman–Crippen LogP) is 4.08. The molecule has 0 fully saturated rings. The Morgan fingerprint density at radius 3 is 1.94 bits per heavy atom. The van der Waals surface area contributed by atoms with E-state index in [-0.39, 0.29) is 11.5 Å². The van der Waals surface area contributed by atoms with Gasteiger partial charge >= 0.3 is 0 Å². The number of aryl methyl sites for hydroxylation is 1. The van der Waals surface area contributed by atoms with E-state index in [1.807, 2.05) is 0 Å². The highest BCUT2D eigenvalue weighted by atomic mass is 28.3. The summed E-state index contributed by atoms with van der Waals surface area (Å²) in [6.07, 6.45) is 0.222. The molecule has 1 atom stereocenters. The molecular formula is C14H24OSi. The van der Waals surface area contributed by atoms with Crippen molar-refractivity contribution in [2.45, 2.75) is 46.9 Å². The number of hydrogen-bond acceptors (Lipinski definition) is 1. The zero-order valence-electron chi connectivity index (χ0n) is 11.4. The summed E-state index contributed by atoms with van der Waals surface area (Å²) in [6, 6.07) is 8.72. The van der Waals surface area contributed by atoms with Gasteiger partial charge in [0.25, 0.3) is 0 Å². The largest absolute Gasteiger partial charge is 0.413 e. The lowest BCUT2D eigenvalue weighted by Gasteiger charge is -2.33. The highest BCUT2D eigenvalue weighted by molar-refractivity contribution is 6.48. The van der Waals surface area contributed by atoms with Crippen LogP contribution in [0.1, 0.15) is 38.0 Å². The Balaban J connectivity index is 2.97. The topological polar surface area (TPSA) is 9.23 Å². The molecular weight excluding hydrogens is 212 g/mol. The molecule has 0 aliphatic carbocycles. The number of rotatable bonds is 3. The average Bonchev–Trinajstić information content (AvgIpc) is 2.14. The molecule has 0 aromatic heterocycles. The Morgan fingerprint density at radius 2 is 1.56 bits per heavy atom. The summed E-state index contributed by atoms with van der Waals surface area (Å²) in [5, 5.41) is 0. The highest BCUT2D eigenvalue weighted by Gasteiger charge is 2.27. The lowest BCUT2D eigenvalue weighted by Crippen LogP contribution is -2.25. The zero-order valence-corrected chi connectivity index (χ0v) is 12.5. The standard InChI is InChI=1S/C14H24OSi/c1-11-7-9-12(10-8-11)13(14(2,3)4)15-16(5)6/h7-10,13,16H,1-6H3. The monoisotopic (exact) mass is 236 g/mol. The lowest BCUT2D eigenvalue weighted by atomic mass is 9.85. The van der Waals surface area contributed by atoms with Crippen molar-refractivity contribution in [2.75, 3.05) is 0 Å². The first-order valence-electron chi connectivity index (χ1n) is 6.02. The first-order valence-corrected chi connectivity index (χ1v) is 8.81. The van der Waals surface area contributed by atoms with Crippen LogP contribution < -0.4 is 0 Å². The van der Waals surface area contributed by atoms with Gasteiger partial charge in [0.15, 0.2) is 9.04 Å². The van der Waals surface area contributed by atoms with Crippen molar-refractivity contribution >= 4 is 9.04 Å². The fourth-order valence-electron chi connectivity index (χ4n) is 1.80. The maximum atomic E-state index is 6.18. The maximum absolute atomic E-state index is 6.18. The van der Waals surface area contributed by atoms with Gasteiger partial charge in [0.2, 0.25) is 0 Å². The molecule has 1 aromatic rings. The van der Waals surface area contributed by atoms with Crippen LogP contribution in [0.15, 0.2) is 24.3 Å². The third kappa shape index (κ3) is 3.76. The van der Waals surface area contributed by atoms with Gasteiger partial charge in [-0.3, -0.25) is 0 Å². The van der Waals surface area contributed by atoms with Gasteiger partial charge in [-0.1, -0.05) is 50.6 Å². The molecule has 0 amide bonds. The minimum atomic E-state index is -1.01. The van der Waals surface area contributed by atoms with Crippen molar-refractivity contribution < 1.29 is 4.43 Å². The molecule has 0 aliphatic rings. The predicted molar refractivity (Wildman–Crippen MR) is 73.3 cm³/mol. The molecule has 1 aromatic carbocycles. The van der Waals surface area contributed by atoms with Gasteiger partial charge < -0.3 is 4.43 Å². The summed E-state index contributed by atoms with van der Waals surface area (Å²) in [5.74, 6) is 0. The van der Waals surface area contributed by atoms with Crippen molar-refractivity contribution in [3.05, 3.63) is 35.4 Å². The van der Waals surface area contributed by atoms with Crippen LogP contribution in [0.5, 0.6) is 0 Å². The van der Waals surface area contributed by atoms with Crippen LogP contribution >= 0.6 is 0 Å². The Kier molecular flexibility index (Phi) is 4.33. The van der Waals surface area contributed by atoms with Crippen molar-refractivity contribution in [2.24, 2.45) is 5.41 Å². The maximum Gasteiger partial charge on any atom is 0.171 e. The van der Waals surface area contributed by atoms with E-state index in [1.165, 1.54) is 11.1 Å². The highest BCUT2D eigenvalue weighted by Crippen LogP contribution is 2.36. The van der Waals surface area contributed by atoms with E-state index < -0.39 is 9.04 Å². The molecule has 1 rings (SSSR count). The van der Waals surface area contributed by atoms with Crippen molar-refractivity contribution in [1.29, 1.82) is 0 Å². The molecule has 0 spiro atoms. The van der Waals surface area contributed by atoms with E-state index in [9.17, 15) is 0 Å². The van der Waals surface area contributed by atoms with E-state index in [4.69, 9.17) is 4.43 Å². The van der Waals surface area contributed by atoms with Crippen LogP contribution in [0.2, 0.25) is 13.1 Å². The van der Waals surface area contributed by atoms with Gasteiger partial charge in [-0.05, 0) is 31.0 Å². The molecule has 0 aliphatic heterocycles. The number of benzene rings is 1. The van der Waals surface area contributed by atoms with Gasteiger partial charge in [0.1, 0.15) is 0 Å². The summed E-state index contributed by atoms with van der Waals surface area (Å²) in [4.78, 5) is 0. The van der Waals surface area contributed by atoms with E-state index >= 15 is 0 Å². The van der Waals surface area contributed by atoms with Crippen molar-refractivity contribution in [3.63, 3.8) is 0 Å². The molecule has 0 heterocycles. The summed E-state index contributed by atoms with van der Waals surface area (Å²) in [6.45, 7) is 13.3. The third-order valence-corrected chi connectivity index (χ3v) is 3.39. The van der Waals surface area contributed by atoms with Crippen molar-refractivity contribution in [3.8, 4) is 0 Å². The van der Waals surface area contributed by atoms with Gasteiger partial charge in [-0.15, -0.1) is 0 Å². The molecule has 0 saturated heterocycles. The van der Waals surface area contributed by atoms with Crippen LogP contribution in [-0.2, 0) is 4.43 Å². The third-order valence-electron chi connectivity index (χ3n) is 2.57. The molecule has 0 radical (unpaired) electrons. The van der Waals surface area contributed by atoms with Crippen molar-refractivity contribution in [1.82, 2.24) is 0 Å². The number of hydrogen-bond donors (Lipinski definition) is 0. The summed E-state index contributed by atoms with van der Waals surface area (Å²) in [7, 11) is -1.01. The Morgan fingerprint density at radius 1 is 1.06 bits per heavy atom. The summed E-state index contributed by atoms with van der Waals surface area (Å²) in [5.41, 5.74) is 2.77. The second-order valence-corrected chi connectivity index (χ2v) is 8.21. The Bertz CT molecular complexity index is 322. The van der Waals surface area contributed by atoms with Crippen LogP contribution in [0.4, 0.5) is 0 Å². The van der Waals surface area contributed by atoms with Gasteiger partial charge in [0.05, 0.1) is 6.10 Å². The molecule has 1 nitrogen and oxygen atoms in total. The van der Waals surface area contributed by atoms with Gasteiger partial charge in [0, 0.05) is 0 Å². The van der Waals surface area contributed by atoms with E-state index in [1.54, 1.807) is 0 Å². The molecule has 90 valence electrons. The quantitative estimate of drug-likeness (QED) is 0.719. The first-order chi connectivity index (χ1) is 7.30. The molecule has 16 heavy (non-hydrogen) atoms. The Labute approximate surface area is 102 Å². The fourth-order valence-corrected chi connectivity index (χ4v) is 2.91. The molecule has 1 unspecified atom stereocenters. The Hall–Kier alpha value is -0.603. The smallest absolute Gasteiger partial charge is 0.171 e.